The molecule has 1 aromatic carbocycles. The maximum absolute atomic E-state index is 12.0. The molecule has 23 heavy (non-hydrogen) atoms. The molecule has 0 saturated carbocycles. The van der Waals surface area contributed by atoms with Gasteiger partial charge in [0.2, 0.25) is 0 Å². The van der Waals surface area contributed by atoms with Crippen molar-refractivity contribution < 1.29 is 14.5 Å². The molecule has 0 atom stereocenters. The Morgan fingerprint density at radius 1 is 1.39 bits per heavy atom. The largest absolute Gasteiger partial charge is 0.464 e. The van der Waals surface area contributed by atoms with E-state index in [1.165, 1.54) is 30.6 Å². The number of aromatic nitrogens is 1. The molecule has 0 spiro atoms. The molecule has 0 fully saturated rings. The minimum Gasteiger partial charge on any atom is -0.464 e. The number of hydrogen-bond acceptors (Lipinski definition) is 5. The highest BCUT2D eigenvalue weighted by Gasteiger charge is 2.19. The smallest absolute Gasteiger partial charge is 0.354 e. The Morgan fingerprint density at radius 2 is 2.17 bits per heavy atom. The highest BCUT2D eigenvalue weighted by molar-refractivity contribution is 7.22. The molecule has 2 aromatic heterocycles. The molecule has 0 N–H and O–H groups in total. The number of fused-ring (bicyclic) bond motifs is 1. The maximum atomic E-state index is 12.0. The molecule has 3 aromatic rings. The van der Waals surface area contributed by atoms with Crippen LogP contribution >= 0.6 is 22.9 Å². The molecule has 8 heteroatoms. The summed E-state index contributed by atoms with van der Waals surface area (Å²) < 4.78 is 8.03. The van der Waals surface area contributed by atoms with Crippen LogP contribution in [-0.2, 0) is 11.3 Å². The van der Waals surface area contributed by atoms with Gasteiger partial charge in [-0.05, 0) is 17.7 Å². The summed E-state index contributed by atoms with van der Waals surface area (Å²) in [5.41, 5.74) is 1.90. The minimum atomic E-state index is -0.463. The molecule has 6 nitrogen and oxygen atoms in total. The fourth-order valence-electron chi connectivity index (χ4n) is 2.41. The van der Waals surface area contributed by atoms with Gasteiger partial charge in [-0.1, -0.05) is 23.7 Å². The fourth-order valence-corrected chi connectivity index (χ4v) is 3.58. The summed E-state index contributed by atoms with van der Waals surface area (Å²) >= 11 is 7.39. The molecule has 0 aliphatic carbocycles. The van der Waals surface area contributed by atoms with E-state index in [2.05, 4.69) is 0 Å². The number of nitro groups is 1. The number of rotatable bonds is 4. The molecule has 0 amide bonds. The zero-order valence-electron chi connectivity index (χ0n) is 12.0. The standard InChI is InChI=1S/C15H11ClN2O4S/c1-22-15(19)12-6-13-11(7-14(16)23-13)17(12)8-9-3-2-4-10(5-9)18(20)21/h2-7H,8H2,1H3. The van der Waals surface area contributed by atoms with Crippen molar-refractivity contribution in [3.8, 4) is 0 Å². The highest BCUT2D eigenvalue weighted by Crippen LogP contribution is 2.33. The second kappa shape index (κ2) is 6.02. The van der Waals surface area contributed by atoms with Crippen LogP contribution in [-0.4, -0.2) is 22.6 Å². The van der Waals surface area contributed by atoms with Crippen molar-refractivity contribution in [3.63, 3.8) is 0 Å². The maximum Gasteiger partial charge on any atom is 0.354 e. The summed E-state index contributed by atoms with van der Waals surface area (Å²) in [6, 6.07) is 9.79. The molecule has 0 aliphatic rings. The second-order valence-electron chi connectivity index (χ2n) is 4.83. The van der Waals surface area contributed by atoms with Crippen molar-refractivity contribution in [2.45, 2.75) is 6.54 Å². The van der Waals surface area contributed by atoms with Crippen molar-refractivity contribution >= 4 is 44.8 Å². The number of nitrogens with zero attached hydrogens (tertiary/aromatic N) is 2. The third-order valence-corrected chi connectivity index (χ3v) is 4.62. The Kier molecular flexibility index (Phi) is 4.06. The first-order chi connectivity index (χ1) is 11.0. The van der Waals surface area contributed by atoms with Crippen LogP contribution in [0, 0.1) is 10.1 Å². The van der Waals surface area contributed by atoms with Crippen LogP contribution in [0.5, 0.6) is 0 Å². The number of non-ortho nitro benzene ring substituents is 1. The molecule has 0 bridgehead atoms. The number of thiophene rings is 1. The fraction of sp³-hybridized carbons (Fsp3) is 0.133. The van der Waals surface area contributed by atoms with Gasteiger partial charge in [0.05, 0.1) is 26.6 Å². The molecule has 3 rings (SSSR count). The van der Waals surface area contributed by atoms with E-state index in [1.807, 2.05) is 0 Å². The normalized spacial score (nSPS) is 10.9. The van der Waals surface area contributed by atoms with E-state index < -0.39 is 10.9 Å². The van der Waals surface area contributed by atoms with Crippen molar-refractivity contribution in [2.75, 3.05) is 7.11 Å². The predicted molar refractivity (Wildman–Crippen MR) is 88.4 cm³/mol. The average molecular weight is 351 g/mol. The van der Waals surface area contributed by atoms with E-state index in [-0.39, 0.29) is 5.69 Å². The van der Waals surface area contributed by atoms with Gasteiger partial charge in [-0.15, -0.1) is 11.3 Å². The van der Waals surface area contributed by atoms with Gasteiger partial charge in [0.15, 0.2) is 0 Å². The number of halogens is 1. The monoisotopic (exact) mass is 350 g/mol. The van der Waals surface area contributed by atoms with Crippen LogP contribution in [0.1, 0.15) is 16.1 Å². The Morgan fingerprint density at radius 3 is 2.87 bits per heavy atom. The lowest BCUT2D eigenvalue weighted by Gasteiger charge is -2.09. The van der Waals surface area contributed by atoms with Gasteiger partial charge in [0.1, 0.15) is 5.69 Å². The summed E-state index contributed by atoms with van der Waals surface area (Å²) in [5, 5.41) is 10.9. The lowest BCUT2D eigenvalue weighted by molar-refractivity contribution is -0.384. The van der Waals surface area contributed by atoms with Crippen molar-refractivity contribution in [1.29, 1.82) is 0 Å². The first kappa shape index (κ1) is 15.5. The summed E-state index contributed by atoms with van der Waals surface area (Å²) in [7, 11) is 1.31. The van der Waals surface area contributed by atoms with E-state index in [1.54, 1.807) is 28.8 Å². The highest BCUT2D eigenvalue weighted by atomic mass is 35.5. The zero-order chi connectivity index (χ0) is 16.6. The van der Waals surface area contributed by atoms with Crippen molar-refractivity contribution in [3.05, 3.63) is 62.1 Å². The third kappa shape index (κ3) is 2.93. The van der Waals surface area contributed by atoms with Crippen LogP contribution < -0.4 is 0 Å². The van der Waals surface area contributed by atoms with Crippen LogP contribution in [0.25, 0.3) is 10.2 Å². The van der Waals surface area contributed by atoms with Gasteiger partial charge in [0.25, 0.3) is 5.69 Å². The second-order valence-corrected chi connectivity index (χ2v) is 6.55. The number of ether oxygens (including phenoxy) is 1. The van der Waals surface area contributed by atoms with Crippen molar-refractivity contribution in [2.24, 2.45) is 0 Å². The number of hydrogen-bond donors (Lipinski definition) is 0. The summed E-state index contributed by atoms with van der Waals surface area (Å²) in [5.74, 6) is -0.463. The number of methoxy groups -OCH3 is 1. The van der Waals surface area contributed by atoms with Crippen LogP contribution in [0.4, 0.5) is 5.69 Å². The summed E-state index contributed by atoms with van der Waals surface area (Å²) in [6.45, 7) is 0.308. The Bertz CT molecular complexity index is 915. The lowest BCUT2D eigenvalue weighted by atomic mass is 10.2. The van der Waals surface area contributed by atoms with E-state index in [0.29, 0.717) is 22.1 Å². The molecule has 0 unspecified atom stereocenters. The van der Waals surface area contributed by atoms with Crippen LogP contribution in [0.15, 0.2) is 36.4 Å². The minimum absolute atomic E-state index is 0.00821. The Hall–Kier alpha value is -2.38. The third-order valence-electron chi connectivity index (χ3n) is 3.42. The van der Waals surface area contributed by atoms with E-state index in [4.69, 9.17) is 16.3 Å². The lowest BCUT2D eigenvalue weighted by Crippen LogP contribution is -2.11. The van der Waals surface area contributed by atoms with Gasteiger partial charge in [-0.25, -0.2) is 4.79 Å². The molecule has 118 valence electrons. The van der Waals surface area contributed by atoms with Crippen LogP contribution in [0.2, 0.25) is 4.34 Å². The first-order valence-corrected chi connectivity index (χ1v) is 7.79. The van der Waals surface area contributed by atoms with E-state index in [0.717, 1.165) is 10.2 Å². The number of nitro benzene ring substituents is 1. The molecular formula is C15H11ClN2O4S. The average Bonchev–Trinajstić information content (AvgIpc) is 3.04. The van der Waals surface area contributed by atoms with Gasteiger partial charge in [-0.2, -0.15) is 0 Å². The molecule has 2 heterocycles. The topological polar surface area (TPSA) is 74.4 Å². The van der Waals surface area contributed by atoms with Gasteiger partial charge in [-0.3, -0.25) is 10.1 Å². The molecular weight excluding hydrogens is 340 g/mol. The number of carbonyl (C=O) groups excluding carboxylic acids is 1. The zero-order valence-corrected chi connectivity index (χ0v) is 13.6. The SMILES string of the molecule is COC(=O)c1cc2sc(Cl)cc2n1Cc1cccc([N+](=O)[O-])c1. The summed E-state index contributed by atoms with van der Waals surface area (Å²) in [6.07, 6.45) is 0. The van der Waals surface area contributed by atoms with Gasteiger partial charge in [0, 0.05) is 18.7 Å². The van der Waals surface area contributed by atoms with E-state index >= 15 is 0 Å². The quantitative estimate of drug-likeness (QED) is 0.403. The molecule has 0 radical (unpaired) electrons. The number of carbonyl (C=O) groups is 1. The van der Waals surface area contributed by atoms with Gasteiger partial charge >= 0.3 is 5.97 Å². The Labute approximate surface area is 140 Å². The predicted octanol–water partition coefficient (Wildman–Crippen LogP) is 4.10. The van der Waals surface area contributed by atoms with E-state index in [9.17, 15) is 14.9 Å². The first-order valence-electron chi connectivity index (χ1n) is 6.60. The number of benzene rings is 1. The summed E-state index contributed by atoms with van der Waals surface area (Å²) in [4.78, 5) is 22.4. The van der Waals surface area contributed by atoms with Crippen molar-refractivity contribution in [1.82, 2.24) is 4.57 Å². The number of esters is 1. The molecule has 0 saturated heterocycles. The Balaban J connectivity index is 2.09. The molecule has 0 aliphatic heterocycles. The van der Waals surface area contributed by atoms with Gasteiger partial charge < -0.3 is 9.30 Å². The van der Waals surface area contributed by atoms with Crippen LogP contribution in [0.3, 0.4) is 0 Å².